The van der Waals surface area contributed by atoms with Crippen molar-refractivity contribution in [1.29, 1.82) is 0 Å². The van der Waals surface area contributed by atoms with Crippen molar-refractivity contribution < 1.29 is 9.84 Å². The molecule has 0 aliphatic heterocycles. The molecule has 0 saturated heterocycles. The first-order valence-corrected chi connectivity index (χ1v) is 6.91. The molecule has 0 amide bonds. The van der Waals surface area contributed by atoms with Crippen LogP contribution in [0.15, 0.2) is 18.2 Å². The van der Waals surface area contributed by atoms with Crippen LogP contribution < -0.4 is 10.1 Å². The van der Waals surface area contributed by atoms with Crippen LogP contribution in [0.3, 0.4) is 0 Å². The SMILES string of the molecule is CCOc1ccc(NC(CC)C2CC2)cc1CO. The van der Waals surface area contributed by atoms with E-state index in [1.54, 1.807) is 0 Å². The Bertz CT molecular complexity index is 388. The zero-order valence-corrected chi connectivity index (χ0v) is 11.3. The summed E-state index contributed by atoms with van der Waals surface area (Å²) >= 11 is 0. The minimum atomic E-state index is 0.0189. The van der Waals surface area contributed by atoms with Gasteiger partial charge < -0.3 is 15.2 Å². The molecule has 3 heteroatoms. The Morgan fingerprint density at radius 2 is 2.17 bits per heavy atom. The summed E-state index contributed by atoms with van der Waals surface area (Å²) < 4.78 is 5.49. The molecule has 0 radical (unpaired) electrons. The third-order valence-electron chi connectivity index (χ3n) is 3.51. The topological polar surface area (TPSA) is 41.5 Å². The fourth-order valence-electron chi connectivity index (χ4n) is 2.36. The Labute approximate surface area is 109 Å². The molecular weight excluding hydrogens is 226 g/mol. The van der Waals surface area contributed by atoms with Gasteiger partial charge in [0.1, 0.15) is 5.75 Å². The fourth-order valence-corrected chi connectivity index (χ4v) is 2.36. The lowest BCUT2D eigenvalue weighted by Gasteiger charge is -2.19. The van der Waals surface area contributed by atoms with Gasteiger partial charge in [-0.15, -0.1) is 0 Å². The number of rotatable bonds is 7. The molecule has 100 valence electrons. The molecule has 1 atom stereocenters. The van der Waals surface area contributed by atoms with Crippen LogP contribution in [0.25, 0.3) is 0 Å². The predicted octanol–water partition coefficient (Wildman–Crippen LogP) is 3.18. The van der Waals surface area contributed by atoms with Crippen LogP contribution in [0.2, 0.25) is 0 Å². The normalized spacial score (nSPS) is 16.4. The molecule has 0 heterocycles. The average Bonchev–Trinajstić information content (AvgIpc) is 3.22. The molecule has 0 bridgehead atoms. The summed E-state index contributed by atoms with van der Waals surface area (Å²) in [5.74, 6) is 1.61. The van der Waals surface area contributed by atoms with Crippen molar-refractivity contribution >= 4 is 5.69 Å². The van der Waals surface area contributed by atoms with E-state index in [0.717, 1.165) is 29.3 Å². The van der Waals surface area contributed by atoms with Gasteiger partial charge >= 0.3 is 0 Å². The Balaban J connectivity index is 2.08. The molecule has 18 heavy (non-hydrogen) atoms. The second-order valence-electron chi connectivity index (χ2n) is 4.91. The van der Waals surface area contributed by atoms with Gasteiger partial charge in [0.25, 0.3) is 0 Å². The minimum Gasteiger partial charge on any atom is -0.494 e. The summed E-state index contributed by atoms with van der Waals surface area (Å²) in [5.41, 5.74) is 1.94. The second-order valence-corrected chi connectivity index (χ2v) is 4.91. The highest BCUT2D eigenvalue weighted by molar-refractivity contribution is 5.51. The molecular formula is C15H23NO2. The number of ether oxygens (including phenoxy) is 1. The molecule has 1 fully saturated rings. The van der Waals surface area contributed by atoms with Crippen LogP contribution in [-0.2, 0) is 6.61 Å². The van der Waals surface area contributed by atoms with E-state index in [2.05, 4.69) is 12.2 Å². The van der Waals surface area contributed by atoms with Crippen molar-refractivity contribution in [1.82, 2.24) is 0 Å². The van der Waals surface area contributed by atoms with Crippen LogP contribution in [-0.4, -0.2) is 17.8 Å². The average molecular weight is 249 g/mol. The highest BCUT2D eigenvalue weighted by Gasteiger charge is 2.29. The van der Waals surface area contributed by atoms with Crippen LogP contribution in [0.1, 0.15) is 38.7 Å². The second kappa shape index (κ2) is 6.10. The monoisotopic (exact) mass is 249 g/mol. The molecule has 2 rings (SSSR count). The van der Waals surface area contributed by atoms with Crippen molar-refractivity contribution in [2.45, 2.75) is 45.8 Å². The van der Waals surface area contributed by atoms with Gasteiger partial charge in [-0.2, -0.15) is 0 Å². The Morgan fingerprint density at radius 3 is 2.72 bits per heavy atom. The number of hydrogen-bond donors (Lipinski definition) is 2. The van der Waals surface area contributed by atoms with E-state index in [1.165, 1.54) is 12.8 Å². The van der Waals surface area contributed by atoms with Gasteiger partial charge in [-0.1, -0.05) is 6.92 Å². The summed E-state index contributed by atoms with van der Waals surface area (Å²) in [7, 11) is 0. The third-order valence-corrected chi connectivity index (χ3v) is 3.51. The van der Waals surface area contributed by atoms with Gasteiger partial charge in [0, 0.05) is 17.3 Å². The molecule has 1 aromatic carbocycles. The maximum absolute atomic E-state index is 9.37. The number of nitrogens with one attached hydrogen (secondary N) is 1. The quantitative estimate of drug-likeness (QED) is 0.780. The van der Waals surface area contributed by atoms with Crippen LogP contribution in [0.4, 0.5) is 5.69 Å². The summed E-state index contributed by atoms with van der Waals surface area (Å²) in [6.07, 6.45) is 3.83. The number of aliphatic hydroxyl groups is 1. The first kappa shape index (κ1) is 13.2. The van der Waals surface area contributed by atoms with Crippen LogP contribution >= 0.6 is 0 Å². The van der Waals surface area contributed by atoms with Gasteiger partial charge in [-0.3, -0.25) is 0 Å². The van der Waals surface area contributed by atoms with E-state index >= 15 is 0 Å². The summed E-state index contributed by atoms with van der Waals surface area (Å²) in [5, 5.41) is 12.9. The van der Waals surface area contributed by atoms with Gasteiger partial charge in [-0.25, -0.2) is 0 Å². The summed E-state index contributed by atoms with van der Waals surface area (Å²) in [6, 6.07) is 6.54. The molecule has 1 aromatic rings. The van der Waals surface area contributed by atoms with Crippen molar-refractivity contribution in [2.75, 3.05) is 11.9 Å². The third kappa shape index (κ3) is 3.16. The van der Waals surface area contributed by atoms with Crippen LogP contribution in [0, 0.1) is 5.92 Å². The Morgan fingerprint density at radius 1 is 1.39 bits per heavy atom. The number of hydrogen-bond acceptors (Lipinski definition) is 3. The van der Waals surface area contributed by atoms with Crippen molar-refractivity contribution in [3.63, 3.8) is 0 Å². The van der Waals surface area contributed by atoms with E-state index in [4.69, 9.17) is 4.74 Å². The van der Waals surface area contributed by atoms with E-state index in [-0.39, 0.29) is 6.61 Å². The predicted molar refractivity (Wildman–Crippen MR) is 74.0 cm³/mol. The number of anilines is 1. The molecule has 1 saturated carbocycles. The molecule has 1 aliphatic rings. The fraction of sp³-hybridized carbons (Fsp3) is 0.600. The molecule has 2 N–H and O–H groups in total. The summed E-state index contributed by atoms with van der Waals surface area (Å²) in [4.78, 5) is 0. The first-order chi connectivity index (χ1) is 8.78. The highest BCUT2D eigenvalue weighted by Crippen LogP contribution is 2.36. The molecule has 1 aliphatic carbocycles. The van der Waals surface area contributed by atoms with E-state index in [9.17, 15) is 5.11 Å². The lowest BCUT2D eigenvalue weighted by atomic mass is 10.1. The maximum atomic E-state index is 9.37. The Kier molecular flexibility index (Phi) is 4.48. The van der Waals surface area contributed by atoms with Gasteiger partial charge in [0.15, 0.2) is 0 Å². The van der Waals surface area contributed by atoms with E-state index < -0.39 is 0 Å². The molecule has 0 spiro atoms. The zero-order valence-electron chi connectivity index (χ0n) is 11.3. The van der Waals surface area contributed by atoms with E-state index in [0.29, 0.717) is 12.6 Å². The first-order valence-electron chi connectivity index (χ1n) is 6.91. The lowest BCUT2D eigenvalue weighted by molar-refractivity contribution is 0.267. The lowest BCUT2D eigenvalue weighted by Crippen LogP contribution is -2.20. The highest BCUT2D eigenvalue weighted by atomic mass is 16.5. The van der Waals surface area contributed by atoms with Gasteiger partial charge in [0.05, 0.1) is 13.2 Å². The van der Waals surface area contributed by atoms with Crippen molar-refractivity contribution in [3.05, 3.63) is 23.8 Å². The molecule has 1 unspecified atom stereocenters. The van der Waals surface area contributed by atoms with Crippen molar-refractivity contribution in [2.24, 2.45) is 5.92 Å². The molecule has 3 nitrogen and oxygen atoms in total. The molecule has 0 aromatic heterocycles. The summed E-state index contributed by atoms with van der Waals surface area (Å²) in [6.45, 7) is 4.82. The van der Waals surface area contributed by atoms with Crippen molar-refractivity contribution in [3.8, 4) is 5.75 Å². The largest absolute Gasteiger partial charge is 0.494 e. The zero-order chi connectivity index (χ0) is 13.0. The van der Waals surface area contributed by atoms with E-state index in [1.807, 2.05) is 25.1 Å². The van der Waals surface area contributed by atoms with Gasteiger partial charge in [0.2, 0.25) is 0 Å². The minimum absolute atomic E-state index is 0.0189. The maximum Gasteiger partial charge on any atom is 0.124 e. The number of benzene rings is 1. The van der Waals surface area contributed by atoms with Gasteiger partial charge in [-0.05, 0) is 50.3 Å². The Hall–Kier alpha value is -1.22. The smallest absolute Gasteiger partial charge is 0.124 e. The standard InChI is InChI=1S/C15H23NO2/c1-3-14(11-5-6-11)16-13-7-8-15(18-4-2)12(9-13)10-17/h7-9,11,14,16-17H,3-6,10H2,1-2H3. The van der Waals surface area contributed by atoms with Crippen LogP contribution in [0.5, 0.6) is 5.75 Å². The number of aliphatic hydroxyl groups excluding tert-OH is 1.